The molecule has 0 bridgehead atoms. The van der Waals surface area contributed by atoms with E-state index < -0.39 is 5.97 Å². The Bertz CT molecular complexity index is 397. The maximum Gasteiger partial charge on any atom is 0.306 e. The van der Waals surface area contributed by atoms with Crippen molar-refractivity contribution in [3.63, 3.8) is 0 Å². The summed E-state index contributed by atoms with van der Waals surface area (Å²) in [4.78, 5) is 18.1. The van der Waals surface area contributed by atoms with Gasteiger partial charge in [0.15, 0.2) is 5.69 Å². The second-order valence-electron chi connectivity index (χ2n) is 4.54. The third kappa shape index (κ3) is 3.00. The predicted octanol–water partition coefficient (Wildman–Crippen LogP) is 0.744. The molecular weight excluding hydrogens is 232 g/mol. The zero-order valence-corrected chi connectivity index (χ0v) is 10.5. The molecule has 0 atom stereocenters. The van der Waals surface area contributed by atoms with E-state index in [-0.39, 0.29) is 5.92 Å². The van der Waals surface area contributed by atoms with E-state index in [4.69, 9.17) is 9.94 Å². The highest BCUT2D eigenvalue weighted by atomic mass is 16.6. The van der Waals surface area contributed by atoms with Gasteiger partial charge in [-0.25, -0.2) is 4.84 Å². The summed E-state index contributed by atoms with van der Waals surface area (Å²) in [6, 6.07) is 8.10. The van der Waals surface area contributed by atoms with Crippen LogP contribution in [0.1, 0.15) is 12.8 Å². The van der Waals surface area contributed by atoms with Crippen molar-refractivity contribution in [2.24, 2.45) is 5.92 Å². The number of aliphatic carboxylic acids is 1. The standard InChI is InChI=1S/C13H18N2O3/c1-18-14-11-2-4-12(5-3-11)15-8-6-10(7-9-15)13(16)17/h2-5,10,14H,6-9H2,1H3,(H,16,17)/p+1. The van der Waals surface area contributed by atoms with Gasteiger partial charge in [0.25, 0.3) is 0 Å². The Kier molecular flexibility index (Phi) is 4.17. The Morgan fingerprint density at radius 2 is 1.94 bits per heavy atom. The number of rotatable bonds is 4. The molecule has 1 aromatic carbocycles. The number of hydrogen-bond acceptors (Lipinski definition) is 3. The van der Waals surface area contributed by atoms with Gasteiger partial charge in [-0.15, -0.1) is 0 Å². The second kappa shape index (κ2) is 5.84. The summed E-state index contributed by atoms with van der Waals surface area (Å²) < 4.78 is 0. The fraction of sp³-hybridized carbons (Fsp3) is 0.462. The SMILES string of the molecule is CO[NH2+]c1ccc(N2CCC(C(=O)O)CC2)cc1. The topological polar surface area (TPSA) is 66.4 Å². The van der Waals surface area contributed by atoms with Crippen molar-refractivity contribution in [2.45, 2.75) is 12.8 Å². The molecule has 98 valence electrons. The highest BCUT2D eigenvalue weighted by Crippen LogP contribution is 2.23. The van der Waals surface area contributed by atoms with Gasteiger partial charge < -0.3 is 10.0 Å². The summed E-state index contributed by atoms with van der Waals surface area (Å²) in [5.74, 6) is -0.845. The number of piperidine rings is 1. The number of carbonyl (C=O) groups is 1. The molecule has 1 aliphatic heterocycles. The van der Waals surface area contributed by atoms with Crippen LogP contribution in [-0.4, -0.2) is 31.3 Å². The molecule has 0 radical (unpaired) electrons. The number of quaternary nitrogens is 1. The summed E-state index contributed by atoms with van der Waals surface area (Å²) in [6.45, 7) is 1.62. The van der Waals surface area contributed by atoms with Crippen LogP contribution in [-0.2, 0) is 9.63 Å². The van der Waals surface area contributed by atoms with Gasteiger partial charge in [0.2, 0.25) is 0 Å². The van der Waals surface area contributed by atoms with Crippen LogP contribution in [0.2, 0.25) is 0 Å². The normalized spacial score (nSPS) is 16.8. The number of nitrogens with two attached hydrogens (primary N) is 1. The molecule has 5 nitrogen and oxygen atoms in total. The fourth-order valence-corrected chi connectivity index (χ4v) is 2.28. The lowest BCUT2D eigenvalue weighted by atomic mass is 9.97. The van der Waals surface area contributed by atoms with Crippen molar-refractivity contribution in [2.75, 3.05) is 25.1 Å². The first-order chi connectivity index (χ1) is 8.70. The molecule has 1 aliphatic rings. The van der Waals surface area contributed by atoms with Crippen molar-refractivity contribution in [3.8, 4) is 0 Å². The molecule has 0 unspecified atom stereocenters. The predicted molar refractivity (Wildman–Crippen MR) is 67.6 cm³/mol. The van der Waals surface area contributed by atoms with E-state index in [1.807, 2.05) is 24.3 Å². The first kappa shape index (κ1) is 12.9. The smallest absolute Gasteiger partial charge is 0.306 e. The van der Waals surface area contributed by atoms with Gasteiger partial charge in [0, 0.05) is 30.9 Å². The first-order valence-electron chi connectivity index (χ1n) is 6.14. The minimum absolute atomic E-state index is 0.178. The Balaban J connectivity index is 1.95. The Hall–Kier alpha value is -1.59. The molecular formula is C13H19N2O3+. The maximum absolute atomic E-state index is 10.9. The highest BCUT2D eigenvalue weighted by molar-refractivity contribution is 5.70. The van der Waals surface area contributed by atoms with Crippen LogP contribution in [0, 0.1) is 5.92 Å². The number of carboxylic acids is 1. The highest BCUT2D eigenvalue weighted by Gasteiger charge is 2.24. The molecule has 0 saturated carbocycles. The van der Waals surface area contributed by atoms with Crippen molar-refractivity contribution < 1.29 is 20.2 Å². The third-order valence-electron chi connectivity index (χ3n) is 3.36. The molecule has 1 aromatic rings. The monoisotopic (exact) mass is 251 g/mol. The molecule has 5 heteroatoms. The lowest BCUT2D eigenvalue weighted by Crippen LogP contribution is -2.75. The minimum atomic E-state index is -0.667. The zero-order valence-electron chi connectivity index (χ0n) is 10.5. The average Bonchev–Trinajstić information content (AvgIpc) is 2.40. The molecule has 1 saturated heterocycles. The number of anilines is 1. The molecule has 0 aliphatic carbocycles. The Labute approximate surface area is 106 Å². The van der Waals surface area contributed by atoms with Crippen LogP contribution in [0.3, 0.4) is 0 Å². The van der Waals surface area contributed by atoms with E-state index in [2.05, 4.69) is 4.90 Å². The van der Waals surface area contributed by atoms with Gasteiger partial charge >= 0.3 is 5.97 Å². The van der Waals surface area contributed by atoms with Gasteiger partial charge in [-0.1, -0.05) is 0 Å². The van der Waals surface area contributed by atoms with Crippen LogP contribution >= 0.6 is 0 Å². The number of benzene rings is 1. The van der Waals surface area contributed by atoms with Crippen LogP contribution < -0.4 is 10.4 Å². The molecule has 1 heterocycles. The summed E-state index contributed by atoms with van der Waals surface area (Å²) in [5.41, 5.74) is 3.87. The van der Waals surface area contributed by atoms with Crippen molar-refractivity contribution in [3.05, 3.63) is 24.3 Å². The van der Waals surface area contributed by atoms with Crippen molar-refractivity contribution >= 4 is 17.3 Å². The minimum Gasteiger partial charge on any atom is -0.481 e. The summed E-state index contributed by atoms with van der Waals surface area (Å²) in [5, 5.41) is 8.95. The summed E-state index contributed by atoms with van der Waals surface area (Å²) in [6.07, 6.45) is 1.45. The molecule has 0 spiro atoms. The summed E-state index contributed by atoms with van der Waals surface area (Å²) in [7, 11) is 1.63. The molecule has 0 amide bonds. The van der Waals surface area contributed by atoms with Gasteiger partial charge in [-0.3, -0.25) is 4.79 Å². The van der Waals surface area contributed by atoms with Crippen LogP contribution in [0.15, 0.2) is 24.3 Å². The number of nitrogens with zero attached hydrogens (tertiary/aromatic N) is 1. The van der Waals surface area contributed by atoms with Gasteiger partial charge in [-0.05, 0) is 25.0 Å². The fourth-order valence-electron chi connectivity index (χ4n) is 2.28. The second-order valence-corrected chi connectivity index (χ2v) is 4.54. The summed E-state index contributed by atoms with van der Waals surface area (Å²) >= 11 is 0. The van der Waals surface area contributed by atoms with Crippen LogP contribution in [0.25, 0.3) is 0 Å². The number of hydrogen-bond donors (Lipinski definition) is 2. The van der Waals surface area contributed by atoms with E-state index in [1.165, 1.54) is 0 Å². The lowest BCUT2D eigenvalue weighted by Gasteiger charge is -2.31. The average molecular weight is 251 g/mol. The maximum atomic E-state index is 10.9. The quantitative estimate of drug-likeness (QED) is 0.612. The van der Waals surface area contributed by atoms with Gasteiger partial charge in [0.1, 0.15) is 0 Å². The Morgan fingerprint density at radius 3 is 2.44 bits per heavy atom. The van der Waals surface area contributed by atoms with E-state index in [0.29, 0.717) is 0 Å². The van der Waals surface area contributed by atoms with E-state index in [9.17, 15) is 4.79 Å². The van der Waals surface area contributed by atoms with E-state index in [1.54, 1.807) is 12.6 Å². The van der Waals surface area contributed by atoms with Gasteiger partial charge in [0.05, 0.1) is 13.0 Å². The molecule has 1 fully saturated rings. The zero-order chi connectivity index (χ0) is 13.0. The van der Waals surface area contributed by atoms with E-state index >= 15 is 0 Å². The van der Waals surface area contributed by atoms with Crippen LogP contribution in [0.5, 0.6) is 0 Å². The largest absolute Gasteiger partial charge is 0.481 e. The lowest BCUT2D eigenvalue weighted by molar-refractivity contribution is -0.830. The molecule has 3 N–H and O–H groups in total. The Morgan fingerprint density at radius 1 is 1.33 bits per heavy atom. The van der Waals surface area contributed by atoms with Gasteiger partial charge in [-0.2, -0.15) is 5.48 Å². The van der Waals surface area contributed by atoms with Crippen LogP contribution in [0.4, 0.5) is 11.4 Å². The van der Waals surface area contributed by atoms with Crippen molar-refractivity contribution in [1.82, 2.24) is 0 Å². The first-order valence-corrected chi connectivity index (χ1v) is 6.14. The molecule has 2 rings (SSSR count). The molecule has 18 heavy (non-hydrogen) atoms. The van der Waals surface area contributed by atoms with E-state index in [0.717, 1.165) is 37.3 Å². The number of carboxylic acid groups (broad SMARTS) is 1. The van der Waals surface area contributed by atoms with Crippen molar-refractivity contribution in [1.29, 1.82) is 0 Å². The third-order valence-corrected chi connectivity index (χ3v) is 3.36. The molecule has 0 aromatic heterocycles.